The van der Waals surface area contributed by atoms with Gasteiger partial charge in [-0.3, -0.25) is 4.79 Å². The first-order chi connectivity index (χ1) is 11.5. The lowest BCUT2D eigenvalue weighted by Gasteiger charge is -2.31. The van der Waals surface area contributed by atoms with Gasteiger partial charge in [0.2, 0.25) is 15.9 Å². The Morgan fingerprint density at radius 2 is 2.00 bits per heavy atom. The number of piperidine rings is 1. The summed E-state index contributed by atoms with van der Waals surface area (Å²) < 4.78 is 39.7. The van der Waals surface area contributed by atoms with E-state index in [1.54, 1.807) is 0 Å². The summed E-state index contributed by atoms with van der Waals surface area (Å²) in [5.41, 5.74) is 0. The summed E-state index contributed by atoms with van der Waals surface area (Å²) in [6.45, 7) is 2.21. The van der Waals surface area contributed by atoms with Crippen molar-refractivity contribution in [2.24, 2.45) is 5.92 Å². The second-order valence-electron chi connectivity index (χ2n) is 6.35. The van der Waals surface area contributed by atoms with Crippen LogP contribution in [0.4, 0.5) is 4.39 Å². The molecule has 1 amide bonds. The number of hydrogen-bond acceptors (Lipinski definition) is 4. The summed E-state index contributed by atoms with van der Waals surface area (Å²) in [5, 5.41) is 6.18. The first kappa shape index (κ1) is 17.3. The van der Waals surface area contributed by atoms with Crippen molar-refractivity contribution in [3.63, 3.8) is 0 Å². The predicted octanol–water partition coefficient (Wildman–Crippen LogP) is 0.704. The fourth-order valence-corrected chi connectivity index (χ4v) is 4.75. The minimum absolute atomic E-state index is 0.0601. The van der Waals surface area contributed by atoms with E-state index in [9.17, 15) is 17.6 Å². The monoisotopic (exact) mass is 355 g/mol. The molecule has 0 spiro atoms. The zero-order valence-electron chi connectivity index (χ0n) is 13.4. The molecule has 2 saturated heterocycles. The molecule has 1 aromatic carbocycles. The summed E-state index contributed by atoms with van der Waals surface area (Å²) in [6, 6.07) is 4.92. The van der Waals surface area contributed by atoms with Crippen molar-refractivity contribution >= 4 is 15.9 Å². The van der Waals surface area contributed by atoms with Crippen LogP contribution in [0.5, 0.6) is 0 Å². The maximum Gasteiger partial charge on any atom is 0.243 e. The topological polar surface area (TPSA) is 78.5 Å². The Morgan fingerprint density at radius 1 is 1.25 bits per heavy atom. The van der Waals surface area contributed by atoms with Gasteiger partial charge >= 0.3 is 0 Å². The van der Waals surface area contributed by atoms with Crippen molar-refractivity contribution in [3.05, 3.63) is 30.1 Å². The van der Waals surface area contributed by atoms with Crippen LogP contribution in [0.1, 0.15) is 19.3 Å². The smallest absolute Gasteiger partial charge is 0.243 e. The molecule has 0 aromatic heterocycles. The molecule has 2 fully saturated rings. The van der Waals surface area contributed by atoms with Gasteiger partial charge in [-0.2, -0.15) is 4.31 Å². The van der Waals surface area contributed by atoms with Gasteiger partial charge in [0.05, 0.1) is 10.8 Å². The molecule has 0 aliphatic carbocycles. The molecule has 2 aliphatic rings. The van der Waals surface area contributed by atoms with Gasteiger partial charge in [0, 0.05) is 25.7 Å². The van der Waals surface area contributed by atoms with Crippen molar-refractivity contribution in [2.75, 3.05) is 26.2 Å². The van der Waals surface area contributed by atoms with Crippen LogP contribution in [0.25, 0.3) is 0 Å². The molecule has 2 unspecified atom stereocenters. The molecule has 24 heavy (non-hydrogen) atoms. The van der Waals surface area contributed by atoms with Gasteiger partial charge in [0.1, 0.15) is 5.82 Å². The highest BCUT2D eigenvalue weighted by atomic mass is 32.2. The molecule has 2 aliphatic heterocycles. The molecule has 3 rings (SSSR count). The van der Waals surface area contributed by atoms with Gasteiger partial charge in [0.25, 0.3) is 0 Å². The van der Waals surface area contributed by atoms with Gasteiger partial charge in [-0.15, -0.1) is 0 Å². The molecule has 8 heteroatoms. The quantitative estimate of drug-likeness (QED) is 0.834. The van der Waals surface area contributed by atoms with Gasteiger partial charge < -0.3 is 10.6 Å². The second kappa shape index (κ2) is 7.16. The van der Waals surface area contributed by atoms with Crippen LogP contribution >= 0.6 is 0 Å². The van der Waals surface area contributed by atoms with Crippen molar-refractivity contribution in [1.29, 1.82) is 0 Å². The summed E-state index contributed by atoms with van der Waals surface area (Å²) in [4.78, 5) is 12.5. The molecule has 132 valence electrons. The molecule has 0 saturated carbocycles. The van der Waals surface area contributed by atoms with Gasteiger partial charge in [0.15, 0.2) is 0 Å². The summed E-state index contributed by atoms with van der Waals surface area (Å²) >= 11 is 0. The average molecular weight is 355 g/mol. The molecule has 2 heterocycles. The van der Waals surface area contributed by atoms with E-state index >= 15 is 0 Å². The third-order valence-corrected chi connectivity index (χ3v) is 6.49. The number of rotatable bonds is 4. The largest absolute Gasteiger partial charge is 0.352 e. The summed E-state index contributed by atoms with van der Waals surface area (Å²) in [7, 11) is -3.70. The Morgan fingerprint density at radius 3 is 2.67 bits per heavy atom. The van der Waals surface area contributed by atoms with Crippen molar-refractivity contribution in [1.82, 2.24) is 14.9 Å². The Hall–Kier alpha value is -1.51. The first-order valence-corrected chi connectivity index (χ1v) is 9.67. The number of nitrogens with zero attached hydrogens (tertiary/aromatic N) is 1. The van der Waals surface area contributed by atoms with Crippen molar-refractivity contribution in [3.8, 4) is 0 Å². The van der Waals surface area contributed by atoms with Crippen molar-refractivity contribution in [2.45, 2.75) is 30.2 Å². The molecular weight excluding hydrogens is 333 g/mol. The number of carbonyl (C=O) groups is 1. The normalized spacial score (nSPS) is 25.5. The van der Waals surface area contributed by atoms with Crippen LogP contribution in [0.3, 0.4) is 0 Å². The highest BCUT2D eigenvalue weighted by molar-refractivity contribution is 7.89. The fourth-order valence-electron chi connectivity index (χ4n) is 3.23. The van der Waals surface area contributed by atoms with E-state index in [1.807, 2.05) is 0 Å². The minimum Gasteiger partial charge on any atom is -0.352 e. The lowest BCUT2D eigenvalue weighted by atomic mass is 9.98. The SMILES string of the molecule is O=C(NC1CCNC1)C1CCCN(S(=O)(=O)c2ccc(F)cc2)C1. The lowest BCUT2D eigenvalue weighted by molar-refractivity contribution is -0.126. The van der Waals surface area contributed by atoms with Crippen LogP contribution in [-0.4, -0.2) is 50.9 Å². The predicted molar refractivity (Wildman–Crippen MR) is 87.3 cm³/mol. The molecule has 1 aromatic rings. The molecule has 0 radical (unpaired) electrons. The Kier molecular flexibility index (Phi) is 5.17. The fraction of sp³-hybridized carbons (Fsp3) is 0.562. The molecular formula is C16H22FN3O3S. The summed E-state index contributed by atoms with van der Waals surface area (Å²) in [6.07, 6.45) is 2.22. The zero-order valence-corrected chi connectivity index (χ0v) is 14.2. The second-order valence-corrected chi connectivity index (χ2v) is 8.29. The van der Waals surface area contributed by atoms with Gasteiger partial charge in [-0.05, 0) is 50.1 Å². The molecule has 2 N–H and O–H groups in total. The summed E-state index contributed by atoms with van der Waals surface area (Å²) in [5.74, 6) is -0.896. The molecule has 0 bridgehead atoms. The maximum atomic E-state index is 13.0. The third-order valence-electron chi connectivity index (χ3n) is 4.61. The molecule has 6 nitrogen and oxygen atoms in total. The van der Waals surface area contributed by atoms with E-state index in [1.165, 1.54) is 16.4 Å². The maximum absolute atomic E-state index is 13.0. The number of halogens is 1. The standard InChI is InChI=1S/C16H22FN3O3S/c17-13-3-5-15(6-4-13)24(22,23)20-9-1-2-12(11-20)16(21)19-14-7-8-18-10-14/h3-6,12,14,18H,1-2,7-11H2,(H,19,21). The van der Waals surface area contributed by atoms with Crippen LogP contribution < -0.4 is 10.6 Å². The highest BCUT2D eigenvalue weighted by Gasteiger charge is 2.34. The number of sulfonamides is 1. The number of hydrogen-bond donors (Lipinski definition) is 2. The van der Waals surface area contributed by atoms with Crippen LogP contribution in [0.2, 0.25) is 0 Å². The Labute approximate surface area is 141 Å². The van der Waals surface area contributed by atoms with E-state index in [0.29, 0.717) is 19.4 Å². The van der Waals surface area contributed by atoms with E-state index < -0.39 is 15.8 Å². The van der Waals surface area contributed by atoms with Gasteiger partial charge in [-0.25, -0.2) is 12.8 Å². The highest BCUT2D eigenvalue weighted by Crippen LogP contribution is 2.24. The average Bonchev–Trinajstić information content (AvgIpc) is 3.08. The van der Waals surface area contributed by atoms with Crippen LogP contribution in [-0.2, 0) is 14.8 Å². The first-order valence-electron chi connectivity index (χ1n) is 8.23. The number of benzene rings is 1. The van der Waals surface area contributed by atoms with E-state index in [-0.39, 0.29) is 29.3 Å². The lowest BCUT2D eigenvalue weighted by Crippen LogP contribution is -2.47. The third kappa shape index (κ3) is 3.76. The van der Waals surface area contributed by atoms with E-state index in [4.69, 9.17) is 0 Å². The Balaban J connectivity index is 1.68. The molecule has 2 atom stereocenters. The number of amides is 1. The van der Waals surface area contributed by atoms with E-state index in [2.05, 4.69) is 10.6 Å². The zero-order chi connectivity index (χ0) is 17.2. The minimum atomic E-state index is -3.70. The van der Waals surface area contributed by atoms with Gasteiger partial charge in [-0.1, -0.05) is 0 Å². The van der Waals surface area contributed by atoms with Crippen LogP contribution in [0.15, 0.2) is 29.2 Å². The van der Waals surface area contributed by atoms with E-state index in [0.717, 1.165) is 31.6 Å². The number of nitrogens with one attached hydrogen (secondary N) is 2. The van der Waals surface area contributed by atoms with Crippen molar-refractivity contribution < 1.29 is 17.6 Å². The number of carbonyl (C=O) groups excluding carboxylic acids is 1. The Bertz CT molecular complexity index is 687. The van der Waals surface area contributed by atoms with Crippen LogP contribution in [0, 0.1) is 11.7 Å².